The van der Waals surface area contributed by atoms with Gasteiger partial charge in [0.05, 0.1) is 25.9 Å². The van der Waals surface area contributed by atoms with Gasteiger partial charge < -0.3 is 19.9 Å². The Labute approximate surface area is 110 Å². The molecule has 0 bridgehead atoms. The van der Waals surface area contributed by atoms with Crippen molar-refractivity contribution in [2.45, 2.75) is 25.9 Å². The molecular weight excluding hydrogens is 232 g/mol. The van der Waals surface area contributed by atoms with E-state index in [9.17, 15) is 5.11 Å². The summed E-state index contributed by atoms with van der Waals surface area (Å²) in [4.78, 5) is 2.27. The number of aliphatic hydroxyl groups is 1. The summed E-state index contributed by atoms with van der Waals surface area (Å²) in [6.07, 6.45) is 1.87. The highest BCUT2D eigenvalue weighted by Gasteiger charge is 2.13. The van der Waals surface area contributed by atoms with Crippen molar-refractivity contribution in [3.05, 3.63) is 0 Å². The minimum Gasteiger partial charge on any atom is -0.389 e. The summed E-state index contributed by atoms with van der Waals surface area (Å²) in [5.74, 6) is 0. The number of unbranched alkanes of at least 4 members (excludes halogenated alkanes) is 1. The molecule has 1 heterocycles. The number of hydrogen-bond acceptors (Lipinski definition) is 5. The second-order valence-corrected chi connectivity index (χ2v) is 4.75. The molecule has 1 unspecified atom stereocenters. The van der Waals surface area contributed by atoms with Crippen LogP contribution in [-0.2, 0) is 9.47 Å². The maximum Gasteiger partial charge on any atom is 0.0900 e. The maximum absolute atomic E-state index is 9.81. The van der Waals surface area contributed by atoms with Crippen molar-refractivity contribution in [3.63, 3.8) is 0 Å². The molecule has 1 saturated heterocycles. The van der Waals surface area contributed by atoms with Crippen LogP contribution in [0.4, 0.5) is 0 Å². The molecule has 0 spiro atoms. The van der Waals surface area contributed by atoms with E-state index >= 15 is 0 Å². The number of hydrogen-bond donors (Lipinski definition) is 2. The first-order chi connectivity index (χ1) is 8.83. The highest BCUT2D eigenvalue weighted by Crippen LogP contribution is 1.96. The molecule has 1 fully saturated rings. The SMILES string of the molecule is CCCCOCCOCC(O)CN1CCNCC1. The molecule has 0 saturated carbocycles. The smallest absolute Gasteiger partial charge is 0.0900 e. The Bertz CT molecular complexity index is 187. The summed E-state index contributed by atoms with van der Waals surface area (Å²) >= 11 is 0. The molecule has 1 rings (SSSR count). The van der Waals surface area contributed by atoms with Gasteiger partial charge in [0.15, 0.2) is 0 Å². The van der Waals surface area contributed by atoms with Crippen molar-refractivity contribution >= 4 is 0 Å². The van der Waals surface area contributed by atoms with Crippen LogP contribution < -0.4 is 5.32 Å². The third kappa shape index (κ3) is 8.00. The summed E-state index contributed by atoms with van der Waals surface area (Å²) < 4.78 is 10.8. The van der Waals surface area contributed by atoms with Gasteiger partial charge in [-0.2, -0.15) is 0 Å². The van der Waals surface area contributed by atoms with E-state index in [0.717, 1.165) is 45.6 Å². The first-order valence-electron chi connectivity index (χ1n) is 7.09. The average molecular weight is 260 g/mol. The molecule has 0 aromatic heterocycles. The molecular formula is C13H28N2O3. The fraction of sp³-hybridized carbons (Fsp3) is 1.00. The third-order valence-electron chi connectivity index (χ3n) is 3.00. The number of ether oxygens (including phenoxy) is 2. The highest BCUT2D eigenvalue weighted by atomic mass is 16.5. The van der Waals surface area contributed by atoms with Crippen molar-refractivity contribution < 1.29 is 14.6 Å². The van der Waals surface area contributed by atoms with Gasteiger partial charge in [0.2, 0.25) is 0 Å². The zero-order valence-corrected chi connectivity index (χ0v) is 11.6. The number of nitrogens with zero attached hydrogens (tertiary/aromatic N) is 1. The van der Waals surface area contributed by atoms with Gasteiger partial charge in [0, 0.05) is 39.3 Å². The number of piperazine rings is 1. The molecule has 0 amide bonds. The molecule has 108 valence electrons. The van der Waals surface area contributed by atoms with Gasteiger partial charge in [-0.3, -0.25) is 4.90 Å². The van der Waals surface area contributed by atoms with Crippen LogP contribution in [0, 0.1) is 0 Å². The standard InChI is InChI=1S/C13H28N2O3/c1-2-3-8-17-9-10-18-12-13(16)11-15-6-4-14-5-7-15/h13-14,16H,2-12H2,1H3. The lowest BCUT2D eigenvalue weighted by Gasteiger charge is -2.28. The largest absolute Gasteiger partial charge is 0.389 e. The number of nitrogens with one attached hydrogen (secondary N) is 1. The zero-order chi connectivity index (χ0) is 13.1. The Morgan fingerprint density at radius 2 is 1.89 bits per heavy atom. The van der Waals surface area contributed by atoms with Crippen molar-refractivity contribution in [2.75, 3.05) is 59.2 Å². The quantitative estimate of drug-likeness (QED) is 0.545. The van der Waals surface area contributed by atoms with Crippen molar-refractivity contribution in [2.24, 2.45) is 0 Å². The molecule has 2 N–H and O–H groups in total. The molecule has 0 aromatic rings. The monoisotopic (exact) mass is 260 g/mol. The van der Waals surface area contributed by atoms with Gasteiger partial charge in [-0.1, -0.05) is 13.3 Å². The Morgan fingerprint density at radius 1 is 1.17 bits per heavy atom. The number of β-amino-alcohol motifs (C(OH)–C–C–N with tert-alkyl or cyclic N) is 1. The first-order valence-corrected chi connectivity index (χ1v) is 7.09. The first kappa shape index (κ1) is 15.9. The van der Waals surface area contributed by atoms with Crippen LogP contribution in [0.3, 0.4) is 0 Å². The topological polar surface area (TPSA) is 54.0 Å². The molecule has 1 atom stereocenters. The predicted octanol–water partition coefficient (Wildman–Crippen LogP) is 0.0858. The second-order valence-electron chi connectivity index (χ2n) is 4.75. The van der Waals surface area contributed by atoms with E-state index < -0.39 is 6.10 Å². The van der Waals surface area contributed by atoms with E-state index in [4.69, 9.17) is 9.47 Å². The molecule has 1 aliphatic rings. The molecule has 5 nitrogen and oxygen atoms in total. The normalized spacial score (nSPS) is 19.0. The molecule has 0 aromatic carbocycles. The molecule has 5 heteroatoms. The molecule has 1 aliphatic heterocycles. The van der Waals surface area contributed by atoms with Crippen LogP contribution in [0.1, 0.15) is 19.8 Å². The summed E-state index contributed by atoms with van der Waals surface area (Å²) in [6, 6.07) is 0. The average Bonchev–Trinajstić information content (AvgIpc) is 2.39. The van der Waals surface area contributed by atoms with E-state index in [1.54, 1.807) is 0 Å². The van der Waals surface area contributed by atoms with E-state index in [-0.39, 0.29) is 0 Å². The van der Waals surface area contributed by atoms with E-state index in [0.29, 0.717) is 26.4 Å². The van der Waals surface area contributed by atoms with Crippen LogP contribution in [0.5, 0.6) is 0 Å². The van der Waals surface area contributed by atoms with Gasteiger partial charge in [0.25, 0.3) is 0 Å². The Kier molecular flexibility index (Phi) is 9.42. The van der Waals surface area contributed by atoms with Crippen LogP contribution in [0.25, 0.3) is 0 Å². The van der Waals surface area contributed by atoms with Crippen LogP contribution in [-0.4, -0.2) is 75.3 Å². The van der Waals surface area contributed by atoms with Crippen molar-refractivity contribution in [1.29, 1.82) is 0 Å². The molecule has 0 aliphatic carbocycles. The highest BCUT2D eigenvalue weighted by molar-refractivity contribution is 4.70. The fourth-order valence-electron chi connectivity index (χ4n) is 1.93. The van der Waals surface area contributed by atoms with Crippen molar-refractivity contribution in [1.82, 2.24) is 10.2 Å². The molecule has 0 radical (unpaired) electrons. The lowest BCUT2D eigenvalue weighted by Crippen LogP contribution is -2.47. The van der Waals surface area contributed by atoms with Gasteiger partial charge >= 0.3 is 0 Å². The summed E-state index contributed by atoms with van der Waals surface area (Å²) in [5, 5.41) is 13.1. The van der Waals surface area contributed by atoms with Crippen LogP contribution >= 0.6 is 0 Å². The summed E-state index contributed by atoms with van der Waals surface area (Å²) in [6.45, 7) is 9.31. The summed E-state index contributed by atoms with van der Waals surface area (Å²) in [5.41, 5.74) is 0. The fourth-order valence-corrected chi connectivity index (χ4v) is 1.93. The van der Waals surface area contributed by atoms with Gasteiger partial charge in [-0.05, 0) is 6.42 Å². The maximum atomic E-state index is 9.81. The summed E-state index contributed by atoms with van der Waals surface area (Å²) in [7, 11) is 0. The lowest BCUT2D eigenvalue weighted by atomic mass is 10.3. The van der Waals surface area contributed by atoms with Crippen LogP contribution in [0.2, 0.25) is 0 Å². The minimum absolute atomic E-state index is 0.390. The second kappa shape index (κ2) is 10.7. The lowest BCUT2D eigenvalue weighted by molar-refractivity contribution is -0.00887. The Balaban J connectivity index is 1.88. The van der Waals surface area contributed by atoms with E-state index in [2.05, 4.69) is 17.1 Å². The predicted molar refractivity (Wildman–Crippen MR) is 71.9 cm³/mol. The molecule has 18 heavy (non-hydrogen) atoms. The third-order valence-corrected chi connectivity index (χ3v) is 3.00. The number of aliphatic hydroxyl groups excluding tert-OH is 1. The Hall–Kier alpha value is -0.200. The number of rotatable bonds is 10. The Morgan fingerprint density at radius 3 is 2.61 bits per heavy atom. The van der Waals surface area contributed by atoms with E-state index in [1.165, 1.54) is 0 Å². The van der Waals surface area contributed by atoms with Gasteiger partial charge in [-0.15, -0.1) is 0 Å². The van der Waals surface area contributed by atoms with Gasteiger partial charge in [-0.25, -0.2) is 0 Å². The minimum atomic E-state index is -0.390. The van der Waals surface area contributed by atoms with Crippen molar-refractivity contribution in [3.8, 4) is 0 Å². The van der Waals surface area contributed by atoms with Gasteiger partial charge in [0.1, 0.15) is 0 Å². The van der Waals surface area contributed by atoms with Crippen LogP contribution in [0.15, 0.2) is 0 Å². The van der Waals surface area contributed by atoms with E-state index in [1.807, 2.05) is 0 Å². The zero-order valence-electron chi connectivity index (χ0n) is 11.6.